The van der Waals surface area contributed by atoms with Crippen LogP contribution in [0.2, 0.25) is 5.28 Å². The number of benzene rings is 1. The van der Waals surface area contributed by atoms with Crippen LogP contribution in [0.1, 0.15) is 97.9 Å². The summed E-state index contributed by atoms with van der Waals surface area (Å²) in [4.78, 5) is 29.2. The van der Waals surface area contributed by atoms with Gasteiger partial charge in [0.15, 0.2) is 5.78 Å². The smallest absolute Gasteiger partial charge is 0.306 e. The third kappa shape index (κ3) is 6.57. The summed E-state index contributed by atoms with van der Waals surface area (Å²) in [6.45, 7) is 2.43. The van der Waals surface area contributed by atoms with Crippen LogP contribution in [0.5, 0.6) is 0 Å². The van der Waals surface area contributed by atoms with Gasteiger partial charge in [-0.05, 0) is 93.7 Å². The maximum atomic E-state index is 13.5. The minimum atomic E-state index is -1.05. The number of nitrogens with zero attached hydrogens (tertiary/aromatic N) is 2. The lowest BCUT2D eigenvalue weighted by Crippen LogP contribution is -2.29. The van der Waals surface area contributed by atoms with Crippen LogP contribution in [0.15, 0.2) is 24.3 Å². The number of aliphatic carboxylic acids is 1. The number of aromatic nitrogens is 2. The molecule has 192 valence electrons. The summed E-state index contributed by atoms with van der Waals surface area (Å²) in [7, 11) is 0. The molecule has 2 saturated carbocycles. The molecule has 4 rings (SSSR count). The molecule has 2 aromatic rings. The van der Waals surface area contributed by atoms with Gasteiger partial charge in [0.25, 0.3) is 0 Å². The van der Waals surface area contributed by atoms with Crippen molar-refractivity contribution in [1.82, 2.24) is 9.55 Å². The van der Waals surface area contributed by atoms with E-state index in [1.54, 1.807) is 4.57 Å². The van der Waals surface area contributed by atoms with E-state index in [4.69, 9.17) is 11.6 Å². The second kappa shape index (κ2) is 11.6. The molecule has 1 aromatic heterocycles. The fraction of sp³-hybridized carbons (Fsp3) is 0.552. The minimum absolute atomic E-state index is 0.0678. The molecule has 2 N–H and O–H groups in total. The van der Waals surface area contributed by atoms with E-state index in [1.165, 1.54) is 0 Å². The lowest BCUT2D eigenvalue weighted by molar-refractivity contribution is -0.143. The van der Waals surface area contributed by atoms with E-state index in [0.717, 1.165) is 43.2 Å². The largest absolute Gasteiger partial charge is 0.481 e. The van der Waals surface area contributed by atoms with Crippen molar-refractivity contribution in [3.8, 4) is 11.8 Å². The van der Waals surface area contributed by atoms with Crippen LogP contribution in [-0.2, 0) is 11.3 Å². The number of aliphatic hydroxyl groups is 1. The Morgan fingerprint density at radius 1 is 1.11 bits per heavy atom. The Bertz CT molecular complexity index is 1140. The average molecular weight is 511 g/mol. The number of ketones is 1. The number of carboxylic acid groups (broad SMARTS) is 1. The molecular weight excluding hydrogens is 476 g/mol. The maximum Gasteiger partial charge on any atom is 0.306 e. The third-order valence-corrected chi connectivity index (χ3v) is 8.00. The van der Waals surface area contributed by atoms with Crippen LogP contribution < -0.4 is 0 Å². The predicted molar refractivity (Wildman–Crippen MR) is 139 cm³/mol. The number of carboxylic acids is 1. The molecule has 7 heteroatoms. The topological polar surface area (TPSA) is 92.4 Å². The first-order valence-corrected chi connectivity index (χ1v) is 13.4. The van der Waals surface area contributed by atoms with Crippen LogP contribution in [-0.4, -0.2) is 37.1 Å². The van der Waals surface area contributed by atoms with Gasteiger partial charge in [-0.3, -0.25) is 9.59 Å². The predicted octanol–water partition coefficient (Wildman–Crippen LogP) is 5.79. The highest BCUT2D eigenvalue weighted by atomic mass is 35.5. The fourth-order valence-corrected chi connectivity index (χ4v) is 5.63. The molecule has 0 bridgehead atoms. The lowest BCUT2D eigenvalue weighted by Gasteiger charge is -2.26. The first-order chi connectivity index (χ1) is 17.2. The zero-order chi connectivity index (χ0) is 25.7. The van der Waals surface area contributed by atoms with Crippen molar-refractivity contribution in [1.29, 1.82) is 0 Å². The first-order valence-electron chi connectivity index (χ1n) is 13.1. The van der Waals surface area contributed by atoms with E-state index in [-0.39, 0.29) is 17.0 Å². The van der Waals surface area contributed by atoms with Gasteiger partial charge < -0.3 is 14.8 Å². The van der Waals surface area contributed by atoms with E-state index in [9.17, 15) is 19.8 Å². The molecule has 1 aromatic carbocycles. The highest BCUT2D eigenvalue weighted by Crippen LogP contribution is 2.33. The molecule has 0 atom stereocenters. The zero-order valence-corrected chi connectivity index (χ0v) is 21.7. The summed E-state index contributed by atoms with van der Waals surface area (Å²) in [5.41, 5.74) is 1.83. The quantitative estimate of drug-likeness (QED) is 0.363. The van der Waals surface area contributed by atoms with E-state index >= 15 is 0 Å². The number of carbonyl (C=O) groups is 2. The number of imidazole rings is 1. The number of carbonyl (C=O) groups excluding carboxylic acids is 1. The number of rotatable bonds is 7. The Hall–Kier alpha value is -2.62. The van der Waals surface area contributed by atoms with Crippen LogP contribution in [0.25, 0.3) is 0 Å². The Kier molecular flexibility index (Phi) is 8.54. The summed E-state index contributed by atoms with van der Waals surface area (Å²) >= 11 is 6.54. The van der Waals surface area contributed by atoms with Crippen molar-refractivity contribution in [3.63, 3.8) is 0 Å². The second-order valence-electron chi connectivity index (χ2n) is 10.5. The van der Waals surface area contributed by atoms with Crippen LogP contribution >= 0.6 is 11.6 Å². The first kappa shape index (κ1) is 26.4. The standard InChI is InChI=1S/C29H35ClN2O4/c1-20-5-7-22(8-6-20)19-32-26(25(33)14-11-21-9-12-23(13-10-21)27(34)35)24(31-28(32)30)15-18-29(36)16-3-2-4-17-29/h5-8,21,23,36H,2-4,9-14,16-17,19H2,1H3,(H,34,35). The summed E-state index contributed by atoms with van der Waals surface area (Å²) < 4.78 is 1.73. The van der Waals surface area contributed by atoms with Crippen molar-refractivity contribution in [2.24, 2.45) is 11.8 Å². The summed E-state index contributed by atoms with van der Waals surface area (Å²) in [5, 5.41) is 20.3. The third-order valence-electron chi connectivity index (χ3n) is 7.72. The van der Waals surface area contributed by atoms with Gasteiger partial charge in [0.05, 0.1) is 12.5 Å². The molecule has 0 amide bonds. The molecule has 2 aliphatic carbocycles. The van der Waals surface area contributed by atoms with Gasteiger partial charge in [0.2, 0.25) is 5.28 Å². The molecule has 36 heavy (non-hydrogen) atoms. The van der Waals surface area contributed by atoms with E-state index in [0.29, 0.717) is 62.4 Å². The van der Waals surface area contributed by atoms with Gasteiger partial charge in [0, 0.05) is 6.42 Å². The normalized spacial score (nSPS) is 21.4. The molecule has 1 heterocycles. The molecule has 0 saturated heterocycles. The molecule has 0 unspecified atom stereocenters. The molecule has 0 spiro atoms. The molecule has 0 aliphatic heterocycles. The molecule has 6 nitrogen and oxygen atoms in total. The van der Waals surface area contributed by atoms with Crippen molar-refractivity contribution >= 4 is 23.4 Å². The van der Waals surface area contributed by atoms with E-state index in [1.807, 2.05) is 31.2 Å². The Morgan fingerprint density at radius 2 is 1.78 bits per heavy atom. The molecular formula is C29H35ClN2O4. The summed E-state index contributed by atoms with van der Waals surface area (Å²) in [5.74, 6) is 5.31. The monoisotopic (exact) mass is 510 g/mol. The highest BCUT2D eigenvalue weighted by molar-refractivity contribution is 6.29. The van der Waals surface area contributed by atoms with Crippen LogP contribution in [0.4, 0.5) is 0 Å². The Morgan fingerprint density at radius 3 is 2.42 bits per heavy atom. The fourth-order valence-electron chi connectivity index (χ4n) is 5.40. The van der Waals surface area contributed by atoms with Crippen molar-refractivity contribution in [3.05, 3.63) is 52.1 Å². The van der Waals surface area contributed by atoms with Gasteiger partial charge in [-0.1, -0.05) is 42.2 Å². The van der Waals surface area contributed by atoms with Crippen LogP contribution in [0, 0.1) is 30.6 Å². The highest BCUT2D eigenvalue weighted by Gasteiger charge is 2.29. The Balaban J connectivity index is 1.56. The average Bonchev–Trinajstić information content (AvgIpc) is 3.18. The molecule has 0 radical (unpaired) electrons. The number of halogens is 1. The van der Waals surface area contributed by atoms with E-state index < -0.39 is 11.6 Å². The van der Waals surface area contributed by atoms with Gasteiger partial charge in [-0.25, -0.2) is 4.98 Å². The van der Waals surface area contributed by atoms with Gasteiger partial charge in [-0.2, -0.15) is 0 Å². The van der Waals surface area contributed by atoms with Crippen molar-refractivity contribution in [2.75, 3.05) is 0 Å². The SMILES string of the molecule is Cc1ccc(Cn2c(Cl)nc(C#CC3(O)CCCCC3)c2C(=O)CCC2CCC(C(=O)O)CC2)cc1. The van der Waals surface area contributed by atoms with Crippen molar-refractivity contribution < 1.29 is 19.8 Å². The second-order valence-corrected chi connectivity index (χ2v) is 10.8. The number of hydrogen-bond acceptors (Lipinski definition) is 4. The van der Waals surface area contributed by atoms with Crippen LogP contribution in [0.3, 0.4) is 0 Å². The number of hydrogen-bond donors (Lipinski definition) is 2. The van der Waals surface area contributed by atoms with Gasteiger partial charge in [-0.15, -0.1) is 0 Å². The maximum absolute atomic E-state index is 13.5. The summed E-state index contributed by atoms with van der Waals surface area (Å²) in [6.07, 6.45) is 8.24. The molecule has 2 aliphatic rings. The zero-order valence-electron chi connectivity index (χ0n) is 20.9. The lowest BCUT2D eigenvalue weighted by atomic mass is 9.79. The van der Waals surface area contributed by atoms with Gasteiger partial charge >= 0.3 is 5.97 Å². The summed E-state index contributed by atoms with van der Waals surface area (Å²) in [6, 6.07) is 8.07. The van der Waals surface area contributed by atoms with Crippen molar-refractivity contribution in [2.45, 2.75) is 89.7 Å². The molecule has 2 fully saturated rings. The van der Waals surface area contributed by atoms with E-state index in [2.05, 4.69) is 16.8 Å². The number of Topliss-reactive ketones (excluding diaryl/α,β-unsaturated/α-hetero) is 1. The minimum Gasteiger partial charge on any atom is -0.481 e. The number of aryl methyl sites for hydroxylation is 1. The van der Waals surface area contributed by atoms with Gasteiger partial charge in [0.1, 0.15) is 17.0 Å². The Labute approximate surface area is 218 Å².